The molecular formula is C16H22N4O3. The van der Waals surface area contributed by atoms with Crippen molar-refractivity contribution in [2.75, 3.05) is 6.61 Å². The smallest absolute Gasteiger partial charge is 0.347 e. The minimum atomic E-state index is -1.46. The van der Waals surface area contributed by atoms with Gasteiger partial charge in [-0.2, -0.15) is 5.21 Å². The molecule has 1 aromatic heterocycles. The largest absolute Gasteiger partial charge is 0.463 e. The lowest BCUT2D eigenvalue weighted by Crippen LogP contribution is -2.48. The number of rotatable bonds is 6. The number of carbonyl (C=O) groups excluding carboxylic acids is 1. The number of H-pyrrole nitrogens is 1. The summed E-state index contributed by atoms with van der Waals surface area (Å²) in [6.07, 6.45) is 0.253. The Morgan fingerprint density at radius 1 is 1.22 bits per heavy atom. The van der Waals surface area contributed by atoms with Crippen molar-refractivity contribution in [3.63, 3.8) is 0 Å². The average molecular weight is 318 g/mol. The molecule has 0 bridgehead atoms. The summed E-state index contributed by atoms with van der Waals surface area (Å²) in [6.45, 7) is 7.59. The van der Waals surface area contributed by atoms with Crippen LogP contribution in [0.5, 0.6) is 0 Å². The highest BCUT2D eigenvalue weighted by Gasteiger charge is 2.49. The van der Waals surface area contributed by atoms with Crippen LogP contribution in [0, 0.1) is 0 Å². The maximum atomic E-state index is 12.8. The fraction of sp³-hybridized carbons (Fsp3) is 0.500. The number of aromatic amines is 1. The number of ether oxygens (including phenoxy) is 2. The second-order valence-corrected chi connectivity index (χ2v) is 6.16. The Kier molecular flexibility index (Phi) is 5.10. The van der Waals surface area contributed by atoms with Gasteiger partial charge in [0.2, 0.25) is 11.4 Å². The van der Waals surface area contributed by atoms with Gasteiger partial charge in [0.25, 0.3) is 0 Å². The molecule has 7 heteroatoms. The predicted molar refractivity (Wildman–Crippen MR) is 83.5 cm³/mol. The molecule has 1 atom stereocenters. The van der Waals surface area contributed by atoms with Gasteiger partial charge in [-0.1, -0.05) is 35.5 Å². The average Bonchev–Trinajstić information content (AvgIpc) is 3.01. The minimum absolute atomic E-state index is 0.162. The van der Waals surface area contributed by atoms with Crippen molar-refractivity contribution in [3.8, 4) is 0 Å². The van der Waals surface area contributed by atoms with Crippen molar-refractivity contribution < 1.29 is 14.3 Å². The summed E-state index contributed by atoms with van der Waals surface area (Å²) >= 11 is 0. The van der Waals surface area contributed by atoms with Crippen LogP contribution in [0.15, 0.2) is 30.3 Å². The van der Waals surface area contributed by atoms with E-state index in [4.69, 9.17) is 9.47 Å². The molecule has 0 aliphatic carbocycles. The quantitative estimate of drug-likeness (QED) is 0.820. The van der Waals surface area contributed by atoms with Crippen LogP contribution in [0.4, 0.5) is 0 Å². The van der Waals surface area contributed by atoms with E-state index in [0.717, 1.165) is 5.56 Å². The molecule has 0 spiro atoms. The Bertz CT molecular complexity index is 623. The third-order valence-corrected chi connectivity index (χ3v) is 3.09. The van der Waals surface area contributed by atoms with Gasteiger partial charge < -0.3 is 9.47 Å². The van der Waals surface area contributed by atoms with Crippen molar-refractivity contribution in [2.24, 2.45) is 0 Å². The molecule has 2 rings (SSSR count). The van der Waals surface area contributed by atoms with Gasteiger partial charge in [-0.05, 0) is 33.3 Å². The Morgan fingerprint density at radius 3 is 2.43 bits per heavy atom. The summed E-state index contributed by atoms with van der Waals surface area (Å²) in [5, 5.41) is 14.0. The lowest BCUT2D eigenvalue weighted by atomic mass is 9.92. The van der Waals surface area contributed by atoms with Crippen molar-refractivity contribution in [1.82, 2.24) is 20.6 Å². The predicted octanol–water partition coefficient (Wildman–Crippen LogP) is 2.02. The van der Waals surface area contributed by atoms with Crippen molar-refractivity contribution >= 4 is 5.97 Å². The molecule has 1 aromatic carbocycles. The first-order valence-electron chi connectivity index (χ1n) is 7.52. The molecule has 0 saturated heterocycles. The second kappa shape index (κ2) is 6.87. The van der Waals surface area contributed by atoms with E-state index >= 15 is 0 Å². The highest BCUT2D eigenvalue weighted by Crippen LogP contribution is 2.33. The first-order chi connectivity index (χ1) is 10.9. The zero-order chi connectivity index (χ0) is 16.9. The van der Waals surface area contributed by atoms with Gasteiger partial charge in [-0.25, -0.2) is 4.79 Å². The summed E-state index contributed by atoms with van der Waals surface area (Å²) in [5.41, 5.74) is -1.15. The van der Waals surface area contributed by atoms with E-state index in [1.165, 1.54) is 0 Å². The molecule has 0 aliphatic heterocycles. The van der Waals surface area contributed by atoms with Crippen LogP contribution >= 0.6 is 0 Å². The van der Waals surface area contributed by atoms with Gasteiger partial charge in [0.05, 0.1) is 12.2 Å². The van der Waals surface area contributed by atoms with E-state index in [9.17, 15) is 4.79 Å². The van der Waals surface area contributed by atoms with Crippen LogP contribution in [-0.2, 0) is 26.3 Å². The monoisotopic (exact) mass is 318 g/mol. The molecule has 7 nitrogen and oxygen atoms in total. The Balaban J connectivity index is 2.51. The molecule has 1 N–H and O–H groups in total. The van der Waals surface area contributed by atoms with Crippen LogP contribution in [0.25, 0.3) is 0 Å². The minimum Gasteiger partial charge on any atom is -0.463 e. The van der Waals surface area contributed by atoms with Gasteiger partial charge >= 0.3 is 5.97 Å². The number of tetrazole rings is 1. The summed E-state index contributed by atoms with van der Waals surface area (Å²) < 4.78 is 11.4. The van der Waals surface area contributed by atoms with Crippen LogP contribution in [0.1, 0.15) is 39.1 Å². The molecule has 0 aliphatic rings. The fourth-order valence-electron chi connectivity index (χ4n) is 2.35. The van der Waals surface area contributed by atoms with E-state index in [-0.39, 0.29) is 18.9 Å². The van der Waals surface area contributed by atoms with Crippen LogP contribution in [0.3, 0.4) is 0 Å². The number of hydrogen-bond donors (Lipinski definition) is 1. The van der Waals surface area contributed by atoms with E-state index in [0.29, 0.717) is 0 Å². The van der Waals surface area contributed by atoms with Gasteiger partial charge in [-0.3, -0.25) is 0 Å². The number of aromatic nitrogens is 4. The van der Waals surface area contributed by atoms with E-state index < -0.39 is 17.2 Å². The number of esters is 1. The Hall–Kier alpha value is -2.28. The maximum Gasteiger partial charge on any atom is 0.347 e. The normalized spacial score (nSPS) is 14.3. The third-order valence-electron chi connectivity index (χ3n) is 3.09. The maximum absolute atomic E-state index is 12.8. The Morgan fingerprint density at radius 2 is 1.91 bits per heavy atom. The number of benzene rings is 1. The topological polar surface area (TPSA) is 90.0 Å². The zero-order valence-corrected chi connectivity index (χ0v) is 13.9. The molecule has 23 heavy (non-hydrogen) atoms. The number of hydrogen-bond acceptors (Lipinski definition) is 6. The van der Waals surface area contributed by atoms with Crippen molar-refractivity contribution in [3.05, 3.63) is 41.7 Å². The number of carbonyl (C=O) groups is 1. The van der Waals surface area contributed by atoms with Gasteiger partial charge in [0.1, 0.15) is 0 Å². The zero-order valence-electron chi connectivity index (χ0n) is 13.9. The summed E-state index contributed by atoms with van der Waals surface area (Å²) in [4.78, 5) is 12.8. The molecule has 0 amide bonds. The van der Waals surface area contributed by atoms with Crippen LogP contribution < -0.4 is 0 Å². The van der Waals surface area contributed by atoms with E-state index in [1.807, 2.05) is 51.1 Å². The van der Waals surface area contributed by atoms with Gasteiger partial charge in [0, 0.05) is 6.42 Å². The van der Waals surface area contributed by atoms with Crippen molar-refractivity contribution in [2.45, 2.75) is 45.3 Å². The summed E-state index contributed by atoms with van der Waals surface area (Å²) in [6, 6.07) is 9.55. The van der Waals surface area contributed by atoms with E-state index in [1.54, 1.807) is 6.92 Å². The summed E-state index contributed by atoms with van der Waals surface area (Å²) in [5.74, 6) is -0.366. The van der Waals surface area contributed by atoms with Crippen molar-refractivity contribution in [1.29, 1.82) is 0 Å². The second-order valence-electron chi connectivity index (χ2n) is 6.16. The standard InChI is InChI=1S/C16H22N4O3/c1-5-22-14(21)16(23-15(2,3)4,13-17-19-20-18-13)11-12-9-7-6-8-10-12/h6-10H,5,11H2,1-4H3,(H,17,18,19,20). The highest BCUT2D eigenvalue weighted by molar-refractivity contribution is 5.80. The molecule has 0 radical (unpaired) electrons. The molecule has 0 saturated carbocycles. The molecule has 1 heterocycles. The van der Waals surface area contributed by atoms with Gasteiger partial charge in [0.15, 0.2) is 0 Å². The van der Waals surface area contributed by atoms with Gasteiger partial charge in [-0.15, -0.1) is 10.2 Å². The molecule has 2 aromatic rings. The molecule has 0 fully saturated rings. The number of nitrogens with one attached hydrogen (secondary N) is 1. The lowest BCUT2D eigenvalue weighted by molar-refractivity contribution is -0.195. The number of nitrogens with zero attached hydrogens (tertiary/aromatic N) is 3. The fourth-order valence-corrected chi connectivity index (χ4v) is 2.35. The SMILES string of the molecule is CCOC(=O)C(Cc1ccccc1)(OC(C)(C)C)c1nn[nH]n1. The molecule has 124 valence electrons. The van der Waals surface area contributed by atoms with E-state index in [2.05, 4.69) is 20.6 Å². The Labute approximate surface area is 135 Å². The first-order valence-corrected chi connectivity index (χ1v) is 7.52. The highest BCUT2D eigenvalue weighted by atomic mass is 16.6. The van der Waals surface area contributed by atoms with Crippen LogP contribution in [-0.4, -0.2) is 38.8 Å². The molecular weight excluding hydrogens is 296 g/mol. The first kappa shape index (κ1) is 17.1. The summed E-state index contributed by atoms with van der Waals surface area (Å²) in [7, 11) is 0. The molecule has 1 unspecified atom stereocenters. The van der Waals surface area contributed by atoms with Crippen LogP contribution in [0.2, 0.25) is 0 Å². The third kappa shape index (κ3) is 4.13. The lowest BCUT2D eigenvalue weighted by Gasteiger charge is -2.35.